The molecular formula is C14H26N4O5S. The Bertz CT molecular complexity index is 603. The van der Waals surface area contributed by atoms with Crippen LogP contribution in [0.2, 0.25) is 0 Å². The van der Waals surface area contributed by atoms with Crippen LogP contribution in [0.3, 0.4) is 0 Å². The van der Waals surface area contributed by atoms with Gasteiger partial charge in [0, 0.05) is 31.9 Å². The predicted molar refractivity (Wildman–Crippen MR) is 88.7 cm³/mol. The lowest BCUT2D eigenvalue weighted by molar-refractivity contribution is -0.150. The van der Waals surface area contributed by atoms with Crippen molar-refractivity contribution < 1.29 is 22.7 Å². The summed E-state index contributed by atoms with van der Waals surface area (Å²) in [5.74, 6) is -0.580. The Hall–Kier alpha value is -1.49. The average molecular weight is 362 g/mol. The third kappa shape index (κ3) is 7.39. The molecule has 0 aliphatic rings. The van der Waals surface area contributed by atoms with Gasteiger partial charge in [0.05, 0.1) is 18.7 Å². The normalized spacial score (nSPS) is 14.8. The first-order valence-corrected chi connectivity index (χ1v) is 9.40. The Morgan fingerprint density at radius 2 is 2.12 bits per heavy atom. The topological polar surface area (TPSA) is 128 Å². The van der Waals surface area contributed by atoms with Crippen molar-refractivity contribution in [2.24, 2.45) is 5.73 Å². The number of sulfonamides is 1. The summed E-state index contributed by atoms with van der Waals surface area (Å²) in [6.07, 6.45) is 3.75. The number of likely N-dealkylation sites (N-methyl/N-ethyl adjacent to an activating group) is 1. The van der Waals surface area contributed by atoms with Gasteiger partial charge in [0.25, 0.3) is 0 Å². The van der Waals surface area contributed by atoms with Gasteiger partial charge in [-0.3, -0.25) is 4.79 Å². The van der Waals surface area contributed by atoms with E-state index in [1.165, 1.54) is 13.4 Å². The summed E-state index contributed by atoms with van der Waals surface area (Å²) in [7, 11) is -1.90. The van der Waals surface area contributed by atoms with Crippen molar-refractivity contribution in [3.8, 4) is 0 Å². The maximum absolute atomic E-state index is 12.0. The van der Waals surface area contributed by atoms with E-state index in [9.17, 15) is 13.2 Å². The standard InChI is InChI=1S/C14H26N4O5S/c1-10(2)23-12(7-18(3)24(4,20)21)8-22-14(19)13(15)5-11-6-16-9-17-11/h6,9-10,12-13H,5,7-8,15H2,1-4H3,(H,16,17)/t12-,13-/m0/s1. The van der Waals surface area contributed by atoms with E-state index < -0.39 is 28.1 Å². The lowest BCUT2D eigenvalue weighted by atomic mass is 10.2. The summed E-state index contributed by atoms with van der Waals surface area (Å²) in [6, 6.07) is -0.835. The summed E-state index contributed by atoms with van der Waals surface area (Å²) in [5, 5.41) is 0. The van der Waals surface area contributed by atoms with Crippen LogP contribution in [0.25, 0.3) is 0 Å². The second kappa shape index (κ2) is 9.11. The van der Waals surface area contributed by atoms with Gasteiger partial charge in [-0.05, 0) is 13.8 Å². The van der Waals surface area contributed by atoms with E-state index in [4.69, 9.17) is 15.2 Å². The van der Waals surface area contributed by atoms with E-state index in [1.807, 2.05) is 13.8 Å². The molecule has 0 spiro atoms. The molecule has 1 heterocycles. The van der Waals surface area contributed by atoms with Gasteiger partial charge in [-0.15, -0.1) is 0 Å². The largest absolute Gasteiger partial charge is 0.462 e. The number of carbonyl (C=O) groups excluding carboxylic acids is 1. The number of nitrogens with zero attached hydrogens (tertiary/aromatic N) is 2. The van der Waals surface area contributed by atoms with Crippen LogP contribution in [0.15, 0.2) is 12.5 Å². The number of hydrogen-bond acceptors (Lipinski definition) is 7. The van der Waals surface area contributed by atoms with Crippen molar-refractivity contribution in [1.29, 1.82) is 0 Å². The molecule has 0 radical (unpaired) electrons. The van der Waals surface area contributed by atoms with Crippen LogP contribution in [0.5, 0.6) is 0 Å². The van der Waals surface area contributed by atoms with Crippen molar-refractivity contribution in [3.05, 3.63) is 18.2 Å². The highest BCUT2D eigenvalue weighted by atomic mass is 32.2. The molecule has 2 atom stereocenters. The van der Waals surface area contributed by atoms with E-state index in [1.54, 1.807) is 6.20 Å². The quantitative estimate of drug-likeness (QED) is 0.537. The summed E-state index contributed by atoms with van der Waals surface area (Å²) < 4.78 is 35.0. The van der Waals surface area contributed by atoms with Gasteiger partial charge in [0.2, 0.25) is 10.0 Å². The molecule has 24 heavy (non-hydrogen) atoms. The van der Waals surface area contributed by atoms with Crippen LogP contribution in [0, 0.1) is 0 Å². The molecule has 1 rings (SSSR count). The number of rotatable bonds is 10. The van der Waals surface area contributed by atoms with Crippen LogP contribution >= 0.6 is 0 Å². The lowest BCUT2D eigenvalue weighted by Gasteiger charge is -2.25. The van der Waals surface area contributed by atoms with Crippen molar-refractivity contribution >= 4 is 16.0 Å². The second-order valence-corrected chi connectivity index (χ2v) is 7.96. The number of H-pyrrole nitrogens is 1. The van der Waals surface area contributed by atoms with Gasteiger partial charge in [0.15, 0.2) is 0 Å². The van der Waals surface area contributed by atoms with Gasteiger partial charge in [0.1, 0.15) is 18.8 Å². The lowest BCUT2D eigenvalue weighted by Crippen LogP contribution is -2.41. The molecule has 1 aromatic rings. The number of nitrogens with one attached hydrogen (secondary N) is 1. The maximum Gasteiger partial charge on any atom is 0.323 e. The minimum Gasteiger partial charge on any atom is -0.462 e. The average Bonchev–Trinajstić information content (AvgIpc) is 2.95. The van der Waals surface area contributed by atoms with Crippen molar-refractivity contribution in [2.75, 3.05) is 26.5 Å². The third-order valence-electron chi connectivity index (χ3n) is 3.20. The van der Waals surface area contributed by atoms with Gasteiger partial charge in [-0.25, -0.2) is 17.7 Å². The summed E-state index contributed by atoms with van der Waals surface area (Å²) in [5.41, 5.74) is 6.52. The van der Waals surface area contributed by atoms with E-state index in [-0.39, 0.29) is 25.7 Å². The molecule has 0 fully saturated rings. The fourth-order valence-electron chi connectivity index (χ4n) is 1.94. The van der Waals surface area contributed by atoms with E-state index >= 15 is 0 Å². The SMILES string of the molecule is CC(C)O[C@H](COC(=O)[C@@H](N)Cc1cnc[nH]1)CN(C)S(C)(=O)=O. The molecule has 138 valence electrons. The molecule has 0 aromatic carbocycles. The molecule has 0 unspecified atom stereocenters. The van der Waals surface area contributed by atoms with Gasteiger partial charge < -0.3 is 20.2 Å². The fraction of sp³-hybridized carbons (Fsp3) is 0.714. The Balaban J connectivity index is 2.55. The van der Waals surface area contributed by atoms with Gasteiger partial charge in [-0.1, -0.05) is 0 Å². The number of esters is 1. The minimum absolute atomic E-state index is 0.0758. The van der Waals surface area contributed by atoms with E-state index in [2.05, 4.69) is 9.97 Å². The first-order valence-electron chi connectivity index (χ1n) is 7.55. The molecule has 0 aliphatic heterocycles. The van der Waals surface area contributed by atoms with Crippen LogP contribution in [0.4, 0.5) is 0 Å². The third-order valence-corrected chi connectivity index (χ3v) is 4.48. The molecule has 1 aromatic heterocycles. The molecule has 10 heteroatoms. The number of carbonyl (C=O) groups is 1. The highest BCUT2D eigenvalue weighted by Gasteiger charge is 2.23. The Morgan fingerprint density at radius 3 is 2.62 bits per heavy atom. The van der Waals surface area contributed by atoms with Crippen LogP contribution in [-0.2, 0) is 30.7 Å². The number of ether oxygens (including phenoxy) is 2. The van der Waals surface area contributed by atoms with Gasteiger partial charge in [-0.2, -0.15) is 0 Å². The summed E-state index contributed by atoms with van der Waals surface area (Å²) >= 11 is 0. The first-order chi connectivity index (χ1) is 11.1. The molecule has 0 saturated carbocycles. The Kier molecular flexibility index (Phi) is 7.80. The zero-order valence-corrected chi connectivity index (χ0v) is 15.2. The van der Waals surface area contributed by atoms with Crippen LogP contribution in [-0.4, -0.2) is 73.4 Å². The monoisotopic (exact) mass is 362 g/mol. The minimum atomic E-state index is -3.35. The second-order valence-electron chi connectivity index (χ2n) is 5.87. The molecule has 3 N–H and O–H groups in total. The number of aromatic nitrogens is 2. The number of imidazole rings is 1. The fourth-order valence-corrected chi connectivity index (χ4v) is 2.38. The zero-order chi connectivity index (χ0) is 18.3. The molecule has 9 nitrogen and oxygen atoms in total. The van der Waals surface area contributed by atoms with E-state index in [0.29, 0.717) is 0 Å². The Morgan fingerprint density at radius 1 is 1.46 bits per heavy atom. The number of nitrogens with two attached hydrogens (primary N) is 1. The van der Waals surface area contributed by atoms with Crippen molar-refractivity contribution in [1.82, 2.24) is 14.3 Å². The summed E-state index contributed by atoms with van der Waals surface area (Å²) in [4.78, 5) is 18.7. The van der Waals surface area contributed by atoms with Crippen LogP contribution in [0.1, 0.15) is 19.5 Å². The Labute approximate surface area is 142 Å². The molecule has 0 bridgehead atoms. The number of hydrogen-bond donors (Lipinski definition) is 2. The van der Waals surface area contributed by atoms with Gasteiger partial charge >= 0.3 is 5.97 Å². The highest BCUT2D eigenvalue weighted by molar-refractivity contribution is 7.88. The van der Waals surface area contributed by atoms with Crippen molar-refractivity contribution in [3.63, 3.8) is 0 Å². The summed E-state index contributed by atoms with van der Waals surface area (Å²) in [6.45, 7) is 3.64. The van der Waals surface area contributed by atoms with E-state index in [0.717, 1.165) is 16.3 Å². The molecular weight excluding hydrogens is 336 g/mol. The smallest absolute Gasteiger partial charge is 0.323 e. The molecule has 0 saturated heterocycles. The predicted octanol–water partition coefficient (Wildman–Crippen LogP) is -0.492. The zero-order valence-electron chi connectivity index (χ0n) is 14.4. The number of aromatic amines is 1. The molecule has 0 amide bonds. The van der Waals surface area contributed by atoms with Crippen molar-refractivity contribution in [2.45, 2.75) is 38.5 Å². The highest BCUT2D eigenvalue weighted by Crippen LogP contribution is 2.06. The van der Waals surface area contributed by atoms with Crippen LogP contribution < -0.4 is 5.73 Å². The first kappa shape index (κ1) is 20.6. The maximum atomic E-state index is 12.0. The molecule has 0 aliphatic carbocycles.